The van der Waals surface area contributed by atoms with Crippen molar-refractivity contribution in [3.05, 3.63) is 53.6 Å². The second-order valence-electron chi connectivity index (χ2n) is 6.42. The summed E-state index contributed by atoms with van der Waals surface area (Å²) in [7, 11) is 3.13. The highest BCUT2D eigenvalue weighted by atomic mass is 16.5. The van der Waals surface area contributed by atoms with Crippen LogP contribution in [0.4, 0.5) is 0 Å². The average Bonchev–Trinajstić information content (AvgIpc) is 2.66. The average molecular weight is 370 g/mol. The van der Waals surface area contributed by atoms with Gasteiger partial charge >= 0.3 is 0 Å². The van der Waals surface area contributed by atoms with Gasteiger partial charge in [-0.1, -0.05) is 44.2 Å². The molecule has 0 unspecified atom stereocenters. The minimum absolute atomic E-state index is 0.122. The Balaban J connectivity index is 2.13. The molecule has 6 nitrogen and oxygen atoms in total. The molecule has 0 aliphatic heterocycles. The highest BCUT2D eigenvalue weighted by molar-refractivity contribution is 5.84. The molecular formula is C21H26N2O4. The van der Waals surface area contributed by atoms with Gasteiger partial charge in [0.15, 0.2) is 11.5 Å². The zero-order valence-corrected chi connectivity index (χ0v) is 16.2. The van der Waals surface area contributed by atoms with Gasteiger partial charge in [-0.3, -0.25) is 4.79 Å². The van der Waals surface area contributed by atoms with Crippen LogP contribution in [0.25, 0.3) is 0 Å². The first kappa shape index (κ1) is 20.3. The Morgan fingerprint density at radius 3 is 2.30 bits per heavy atom. The number of nitrogens with zero attached hydrogens (tertiary/aromatic N) is 1. The summed E-state index contributed by atoms with van der Waals surface area (Å²) in [6.45, 7) is 4.35. The fourth-order valence-electron chi connectivity index (χ4n) is 2.44. The third kappa shape index (κ3) is 6.33. The van der Waals surface area contributed by atoms with Crippen LogP contribution in [-0.4, -0.2) is 26.3 Å². The van der Waals surface area contributed by atoms with Crippen molar-refractivity contribution in [3.63, 3.8) is 0 Å². The molecule has 1 N–H and O–H groups in total. The van der Waals surface area contributed by atoms with E-state index in [4.69, 9.17) is 14.2 Å². The molecular weight excluding hydrogens is 344 g/mol. The summed E-state index contributed by atoms with van der Waals surface area (Å²) in [6.07, 6.45) is 1.97. The van der Waals surface area contributed by atoms with Crippen LogP contribution >= 0.6 is 0 Å². The number of nitrogens with one attached hydrogen (secondary N) is 1. The standard InChI is InChI=1S/C21H26N2O4/c1-15(2)10-20(24)23-22-13-17-11-18(25-3)21(19(12-17)26-4)27-14-16-8-6-5-7-9-16/h5-9,11-13,15H,10,14H2,1-4H3,(H,23,24)/b22-13-. The van der Waals surface area contributed by atoms with Crippen molar-refractivity contribution in [2.24, 2.45) is 11.0 Å². The van der Waals surface area contributed by atoms with Crippen LogP contribution in [0.3, 0.4) is 0 Å². The topological polar surface area (TPSA) is 69.2 Å². The molecule has 0 spiro atoms. The van der Waals surface area contributed by atoms with E-state index in [1.165, 1.54) is 0 Å². The van der Waals surface area contributed by atoms with E-state index in [1.54, 1.807) is 32.6 Å². The number of ether oxygens (including phenoxy) is 3. The van der Waals surface area contributed by atoms with Crippen LogP contribution in [0, 0.1) is 5.92 Å². The molecule has 2 aromatic carbocycles. The summed E-state index contributed by atoms with van der Waals surface area (Å²) < 4.78 is 16.8. The maximum atomic E-state index is 11.7. The van der Waals surface area contributed by atoms with Gasteiger partial charge in [0.25, 0.3) is 0 Å². The van der Waals surface area contributed by atoms with E-state index in [0.29, 0.717) is 30.3 Å². The van der Waals surface area contributed by atoms with Gasteiger partial charge in [-0.25, -0.2) is 5.43 Å². The Morgan fingerprint density at radius 1 is 1.11 bits per heavy atom. The first-order valence-corrected chi connectivity index (χ1v) is 8.78. The normalized spacial score (nSPS) is 10.9. The summed E-state index contributed by atoms with van der Waals surface area (Å²) in [6, 6.07) is 13.4. The van der Waals surface area contributed by atoms with Crippen molar-refractivity contribution in [3.8, 4) is 17.2 Å². The summed E-state index contributed by atoms with van der Waals surface area (Å²) in [5.74, 6) is 1.73. The van der Waals surface area contributed by atoms with Gasteiger partial charge in [0.2, 0.25) is 11.7 Å². The number of carbonyl (C=O) groups is 1. The largest absolute Gasteiger partial charge is 0.493 e. The van der Waals surface area contributed by atoms with E-state index < -0.39 is 0 Å². The third-order valence-corrected chi connectivity index (χ3v) is 3.71. The molecule has 0 aromatic heterocycles. The molecule has 6 heteroatoms. The number of hydrazone groups is 1. The molecule has 0 aliphatic rings. The Morgan fingerprint density at radius 2 is 1.74 bits per heavy atom. The van der Waals surface area contributed by atoms with Crippen LogP contribution in [0.5, 0.6) is 17.2 Å². The first-order valence-electron chi connectivity index (χ1n) is 8.78. The maximum Gasteiger partial charge on any atom is 0.240 e. The van der Waals surface area contributed by atoms with Crippen LogP contribution in [0.15, 0.2) is 47.6 Å². The molecule has 0 aliphatic carbocycles. The lowest BCUT2D eigenvalue weighted by Crippen LogP contribution is -2.19. The third-order valence-electron chi connectivity index (χ3n) is 3.71. The SMILES string of the molecule is COc1cc(/C=N\NC(=O)CC(C)C)cc(OC)c1OCc1ccccc1. The number of hydrogen-bond acceptors (Lipinski definition) is 5. The molecule has 144 valence electrons. The van der Waals surface area contributed by atoms with Gasteiger partial charge in [-0.15, -0.1) is 0 Å². The quantitative estimate of drug-likeness (QED) is 0.539. The van der Waals surface area contributed by atoms with Gasteiger partial charge in [0, 0.05) is 12.0 Å². The molecule has 2 rings (SSSR count). The van der Waals surface area contributed by atoms with Crippen molar-refractivity contribution in [2.75, 3.05) is 14.2 Å². The number of benzene rings is 2. The predicted molar refractivity (Wildman–Crippen MR) is 106 cm³/mol. The Bertz CT molecular complexity index is 748. The molecule has 0 atom stereocenters. The van der Waals surface area contributed by atoms with Gasteiger partial charge in [-0.05, 0) is 23.6 Å². The van der Waals surface area contributed by atoms with E-state index in [9.17, 15) is 4.79 Å². The van der Waals surface area contributed by atoms with Crippen LogP contribution < -0.4 is 19.6 Å². The van der Waals surface area contributed by atoms with Gasteiger partial charge in [-0.2, -0.15) is 5.10 Å². The molecule has 0 saturated heterocycles. The van der Waals surface area contributed by atoms with Crippen molar-refractivity contribution in [1.82, 2.24) is 5.43 Å². The van der Waals surface area contributed by atoms with E-state index in [0.717, 1.165) is 11.1 Å². The fourth-order valence-corrected chi connectivity index (χ4v) is 2.44. The van der Waals surface area contributed by atoms with E-state index in [2.05, 4.69) is 10.5 Å². The molecule has 0 saturated carbocycles. The van der Waals surface area contributed by atoms with Gasteiger partial charge in [0.05, 0.1) is 20.4 Å². The van der Waals surface area contributed by atoms with Crippen molar-refractivity contribution >= 4 is 12.1 Å². The molecule has 2 aromatic rings. The van der Waals surface area contributed by atoms with E-state index in [1.807, 2.05) is 44.2 Å². The monoisotopic (exact) mass is 370 g/mol. The summed E-state index contributed by atoms with van der Waals surface area (Å²) in [4.78, 5) is 11.7. The lowest BCUT2D eigenvalue weighted by atomic mass is 10.1. The molecule has 0 bridgehead atoms. The predicted octanol–water partition coefficient (Wildman–Crippen LogP) is 3.78. The molecule has 27 heavy (non-hydrogen) atoms. The van der Waals surface area contributed by atoms with Crippen molar-refractivity contribution in [2.45, 2.75) is 26.9 Å². The lowest BCUT2D eigenvalue weighted by Gasteiger charge is -2.15. The molecule has 0 radical (unpaired) electrons. The van der Waals surface area contributed by atoms with Crippen LogP contribution in [0.1, 0.15) is 31.4 Å². The number of carbonyl (C=O) groups excluding carboxylic acids is 1. The van der Waals surface area contributed by atoms with Crippen LogP contribution in [0.2, 0.25) is 0 Å². The lowest BCUT2D eigenvalue weighted by molar-refractivity contribution is -0.121. The van der Waals surface area contributed by atoms with E-state index in [-0.39, 0.29) is 11.8 Å². The summed E-state index contributed by atoms with van der Waals surface area (Å²) in [5.41, 5.74) is 4.28. The zero-order chi connectivity index (χ0) is 19.6. The van der Waals surface area contributed by atoms with Crippen molar-refractivity contribution < 1.29 is 19.0 Å². The first-order chi connectivity index (χ1) is 13.0. The van der Waals surface area contributed by atoms with Gasteiger partial charge in [0.1, 0.15) is 6.61 Å². The summed E-state index contributed by atoms with van der Waals surface area (Å²) in [5, 5.41) is 3.99. The molecule has 0 fully saturated rings. The minimum atomic E-state index is -0.122. The number of methoxy groups -OCH3 is 2. The zero-order valence-electron chi connectivity index (χ0n) is 16.2. The highest BCUT2D eigenvalue weighted by Gasteiger charge is 2.14. The fraction of sp³-hybridized carbons (Fsp3) is 0.333. The van der Waals surface area contributed by atoms with Crippen molar-refractivity contribution in [1.29, 1.82) is 0 Å². The second-order valence-corrected chi connectivity index (χ2v) is 6.42. The second kappa shape index (κ2) is 10.2. The Kier molecular flexibility index (Phi) is 7.67. The summed E-state index contributed by atoms with van der Waals surface area (Å²) >= 11 is 0. The minimum Gasteiger partial charge on any atom is -0.493 e. The Hall–Kier alpha value is -3.02. The van der Waals surface area contributed by atoms with Gasteiger partial charge < -0.3 is 14.2 Å². The Labute approximate surface area is 160 Å². The number of hydrogen-bond donors (Lipinski definition) is 1. The maximum absolute atomic E-state index is 11.7. The molecule has 0 heterocycles. The highest BCUT2D eigenvalue weighted by Crippen LogP contribution is 2.38. The smallest absolute Gasteiger partial charge is 0.240 e. The number of amides is 1. The number of rotatable bonds is 9. The van der Waals surface area contributed by atoms with E-state index >= 15 is 0 Å². The molecule has 1 amide bonds. The van der Waals surface area contributed by atoms with Crippen LogP contribution in [-0.2, 0) is 11.4 Å².